The molecule has 0 aliphatic carbocycles. The molecule has 0 saturated carbocycles. The van der Waals surface area contributed by atoms with E-state index in [0.29, 0.717) is 22.1 Å². The predicted molar refractivity (Wildman–Crippen MR) is 104 cm³/mol. The molecule has 26 heavy (non-hydrogen) atoms. The molecule has 0 saturated heterocycles. The fourth-order valence-corrected chi connectivity index (χ4v) is 3.74. The molecule has 0 aromatic heterocycles. The van der Waals surface area contributed by atoms with E-state index in [-0.39, 0.29) is 24.1 Å². The minimum Gasteiger partial charge on any atom is -0.326 e. The van der Waals surface area contributed by atoms with E-state index < -0.39 is 5.25 Å². The molecule has 0 fully saturated rings. The zero-order valence-corrected chi connectivity index (χ0v) is 15.4. The average molecular weight is 390 g/mol. The smallest absolute Gasteiger partial charge is 0.238 e. The molecule has 3 amide bonds. The van der Waals surface area contributed by atoms with Crippen LogP contribution in [-0.2, 0) is 14.4 Å². The van der Waals surface area contributed by atoms with Crippen molar-refractivity contribution in [2.24, 2.45) is 0 Å². The van der Waals surface area contributed by atoms with Crippen molar-refractivity contribution in [3.05, 3.63) is 47.5 Å². The Kier molecular flexibility index (Phi) is 5.49. The summed E-state index contributed by atoms with van der Waals surface area (Å²) in [6, 6.07) is 12.0. The van der Waals surface area contributed by atoms with Crippen molar-refractivity contribution < 1.29 is 14.4 Å². The monoisotopic (exact) mass is 389 g/mol. The van der Waals surface area contributed by atoms with Crippen LogP contribution in [0.1, 0.15) is 13.3 Å². The van der Waals surface area contributed by atoms with Gasteiger partial charge in [0.1, 0.15) is 0 Å². The molecule has 2 aromatic rings. The van der Waals surface area contributed by atoms with Gasteiger partial charge in [0.25, 0.3) is 0 Å². The van der Waals surface area contributed by atoms with Crippen LogP contribution in [0, 0.1) is 0 Å². The maximum absolute atomic E-state index is 12.3. The first-order chi connectivity index (χ1) is 12.4. The lowest BCUT2D eigenvalue weighted by molar-refractivity contribution is -0.120. The highest BCUT2D eigenvalue weighted by molar-refractivity contribution is 8.01. The van der Waals surface area contributed by atoms with Crippen molar-refractivity contribution in [2.45, 2.75) is 23.5 Å². The Labute approximate surface area is 159 Å². The molecule has 2 aromatic carbocycles. The van der Waals surface area contributed by atoms with E-state index in [4.69, 9.17) is 11.6 Å². The summed E-state index contributed by atoms with van der Waals surface area (Å²) in [5.41, 5.74) is 1.91. The number of halogens is 1. The Morgan fingerprint density at radius 1 is 1.12 bits per heavy atom. The van der Waals surface area contributed by atoms with Crippen LogP contribution in [0.25, 0.3) is 0 Å². The normalized spacial score (nSPS) is 15.6. The number of anilines is 3. The van der Waals surface area contributed by atoms with Gasteiger partial charge in [-0.15, -0.1) is 11.8 Å². The number of hydrogen-bond donors (Lipinski definition) is 3. The fraction of sp³-hybridized carbons (Fsp3) is 0.167. The van der Waals surface area contributed by atoms with Gasteiger partial charge in [0.15, 0.2) is 0 Å². The van der Waals surface area contributed by atoms with Gasteiger partial charge >= 0.3 is 0 Å². The van der Waals surface area contributed by atoms with Crippen LogP contribution < -0.4 is 16.0 Å². The Hall–Kier alpha value is -2.51. The topological polar surface area (TPSA) is 87.3 Å². The van der Waals surface area contributed by atoms with Gasteiger partial charge < -0.3 is 16.0 Å². The van der Waals surface area contributed by atoms with Crippen LogP contribution in [0.5, 0.6) is 0 Å². The summed E-state index contributed by atoms with van der Waals surface area (Å²) in [7, 11) is 0. The van der Waals surface area contributed by atoms with E-state index in [2.05, 4.69) is 16.0 Å². The third kappa shape index (κ3) is 4.56. The van der Waals surface area contributed by atoms with Gasteiger partial charge in [-0.25, -0.2) is 0 Å². The van der Waals surface area contributed by atoms with E-state index in [1.54, 1.807) is 36.4 Å². The number of fused-ring (bicyclic) bond motifs is 1. The molecule has 1 aliphatic heterocycles. The maximum atomic E-state index is 12.3. The maximum Gasteiger partial charge on any atom is 0.238 e. The molecule has 0 spiro atoms. The molecule has 3 rings (SSSR count). The average Bonchev–Trinajstić information content (AvgIpc) is 2.57. The summed E-state index contributed by atoms with van der Waals surface area (Å²) in [6.45, 7) is 1.43. The van der Waals surface area contributed by atoms with Gasteiger partial charge in [-0.1, -0.05) is 11.6 Å². The standard InChI is InChI=1S/C18H16ClN3O3S/c1-10(23)20-12-3-5-13(6-4-12)21-17(24)9-16-18(25)22-14-8-11(19)2-7-15(14)26-16/h2-8,16H,9H2,1H3,(H,20,23)(H,21,24)(H,22,25). The Bertz CT molecular complexity index is 870. The van der Waals surface area contributed by atoms with Crippen LogP contribution in [0.2, 0.25) is 5.02 Å². The van der Waals surface area contributed by atoms with Crippen LogP contribution in [0.15, 0.2) is 47.4 Å². The molecule has 0 bridgehead atoms. The third-order valence-electron chi connectivity index (χ3n) is 3.62. The zero-order chi connectivity index (χ0) is 18.7. The SMILES string of the molecule is CC(=O)Nc1ccc(NC(=O)CC2Sc3ccc(Cl)cc3NC2=O)cc1. The highest BCUT2D eigenvalue weighted by atomic mass is 35.5. The van der Waals surface area contributed by atoms with Gasteiger partial charge in [0.2, 0.25) is 17.7 Å². The van der Waals surface area contributed by atoms with Gasteiger partial charge in [0, 0.05) is 34.6 Å². The number of carbonyl (C=O) groups excluding carboxylic acids is 3. The molecule has 1 aliphatic rings. The van der Waals surface area contributed by atoms with E-state index in [9.17, 15) is 14.4 Å². The van der Waals surface area contributed by atoms with Gasteiger partial charge in [-0.05, 0) is 42.5 Å². The number of benzene rings is 2. The van der Waals surface area contributed by atoms with Crippen molar-refractivity contribution in [2.75, 3.05) is 16.0 Å². The minimum absolute atomic E-state index is 0.0476. The van der Waals surface area contributed by atoms with Gasteiger partial charge in [-0.3, -0.25) is 14.4 Å². The Morgan fingerprint density at radius 3 is 2.42 bits per heavy atom. The molecule has 0 radical (unpaired) electrons. The van der Waals surface area contributed by atoms with Crippen LogP contribution in [0.3, 0.4) is 0 Å². The van der Waals surface area contributed by atoms with E-state index in [1.807, 2.05) is 6.07 Å². The number of rotatable bonds is 4. The van der Waals surface area contributed by atoms with Crippen molar-refractivity contribution in [1.82, 2.24) is 0 Å². The molecular formula is C18H16ClN3O3S. The van der Waals surface area contributed by atoms with Crippen molar-refractivity contribution in [3.8, 4) is 0 Å². The summed E-state index contributed by atoms with van der Waals surface area (Å²) >= 11 is 7.27. The van der Waals surface area contributed by atoms with Gasteiger partial charge in [-0.2, -0.15) is 0 Å². The third-order valence-corrected chi connectivity index (χ3v) is 5.13. The lowest BCUT2D eigenvalue weighted by atomic mass is 10.2. The zero-order valence-electron chi connectivity index (χ0n) is 13.8. The lowest BCUT2D eigenvalue weighted by Gasteiger charge is -2.23. The van der Waals surface area contributed by atoms with Crippen molar-refractivity contribution in [3.63, 3.8) is 0 Å². The molecule has 6 nitrogen and oxygen atoms in total. The summed E-state index contributed by atoms with van der Waals surface area (Å²) < 4.78 is 0. The summed E-state index contributed by atoms with van der Waals surface area (Å²) in [6.07, 6.45) is 0.0476. The quantitative estimate of drug-likeness (QED) is 0.743. The molecule has 1 atom stereocenters. The first kappa shape index (κ1) is 18.3. The molecule has 1 unspecified atom stereocenters. The number of nitrogens with one attached hydrogen (secondary N) is 3. The predicted octanol–water partition coefficient (Wildman–Crippen LogP) is 3.74. The van der Waals surface area contributed by atoms with Crippen LogP contribution in [-0.4, -0.2) is 23.0 Å². The first-order valence-corrected chi connectivity index (χ1v) is 9.11. The summed E-state index contributed by atoms with van der Waals surface area (Å²) in [5.74, 6) is -0.646. The molecule has 3 N–H and O–H groups in total. The van der Waals surface area contributed by atoms with Gasteiger partial charge in [0.05, 0.1) is 10.9 Å². The first-order valence-electron chi connectivity index (χ1n) is 7.85. The molecular weight excluding hydrogens is 374 g/mol. The second-order valence-electron chi connectivity index (χ2n) is 5.75. The van der Waals surface area contributed by atoms with E-state index >= 15 is 0 Å². The van der Waals surface area contributed by atoms with E-state index in [0.717, 1.165) is 4.90 Å². The molecule has 8 heteroatoms. The van der Waals surface area contributed by atoms with E-state index in [1.165, 1.54) is 18.7 Å². The van der Waals surface area contributed by atoms with Crippen molar-refractivity contribution in [1.29, 1.82) is 0 Å². The second kappa shape index (κ2) is 7.80. The molecule has 1 heterocycles. The highest BCUT2D eigenvalue weighted by Crippen LogP contribution is 2.38. The summed E-state index contributed by atoms with van der Waals surface area (Å²) in [4.78, 5) is 36.4. The molecule has 134 valence electrons. The Morgan fingerprint density at radius 2 is 1.77 bits per heavy atom. The number of thioether (sulfide) groups is 1. The Balaban J connectivity index is 1.60. The fourth-order valence-electron chi connectivity index (χ4n) is 2.48. The van der Waals surface area contributed by atoms with Crippen LogP contribution >= 0.6 is 23.4 Å². The number of hydrogen-bond acceptors (Lipinski definition) is 4. The number of amides is 3. The lowest BCUT2D eigenvalue weighted by Crippen LogP contribution is -2.32. The number of carbonyl (C=O) groups is 3. The second-order valence-corrected chi connectivity index (χ2v) is 7.43. The minimum atomic E-state index is -0.512. The highest BCUT2D eigenvalue weighted by Gasteiger charge is 2.29. The largest absolute Gasteiger partial charge is 0.326 e. The van der Waals surface area contributed by atoms with Crippen molar-refractivity contribution >= 4 is 58.1 Å². The summed E-state index contributed by atoms with van der Waals surface area (Å²) in [5, 5.41) is 8.22. The van der Waals surface area contributed by atoms with Crippen LogP contribution in [0.4, 0.5) is 17.1 Å².